The third-order valence-electron chi connectivity index (χ3n) is 2.52. The Kier molecular flexibility index (Phi) is 4.34. The Bertz CT molecular complexity index is 660. The van der Waals surface area contributed by atoms with Gasteiger partial charge in [0.15, 0.2) is 15.8 Å². The number of hydrazine groups is 1. The normalized spacial score (nSPS) is 16.4. The molecule has 110 valence electrons. The van der Waals surface area contributed by atoms with Gasteiger partial charge >= 0.3 is 6.03 Å². The first kappa shape index (κ1) is 15.1. The maximum atomic E-state index is 12.1. The van der Waals surface area contributed by atoms with Gasteiger partial charge in [-0.05, 0) is 36.0 Å². The molecule has 4 N–H and O–H groups in total. The van der Waals surface area contributed by atoms with E-state index in [9.17, 15) is 14.7 Å². The van der Waals surface area contributed by atoms with Crippen LogP contribution < -0.4 is 15.9 Å². The van der Waals surface area contributed by atoms with E-state index in [2.05, 4.69) is 5.43 Å². The summed E-state index contributed by atoms with van der Waals surface area (Å²) in [6.45, 7) is 0. The van der Waals surface area contributed by atoms with Crippen molar-refractivity contribution in [1.29, 1.82) is 0 Å². The summed E-state index contributed by atoms with van der Waals surface area (Å²) in [5.41, 5.74) is 7.76. The molecule has 1 aliphatic rings. The van der Waals surface area contributed by atoms with Crippen molar-refractivity contribution in [1.82, 2.24) is 10.4 Å². The number of thiocarbonyl (C=S) groups is 1. The van der Waals surface area contributed by atoms with Crippen molar-refractivity contribution in [3.63, 3.8) is 0 Å². The van der Waals surface area contributed by atoms with E-state index in [4.69, 9.17) is 22.7 Å². The number of amides is 3. The summed E-state index contributed by atoms with van der Waals surface area (Å²) in [7, 11) is 1.43. The van der Waals surface area contributed by atoms with Crippen LogP contribution in [0.5, 0.6) is 11.5 Å². The molecular formula is C12H11N3O4S2. The van der Waals surface area contributed by atoms with Crippen molar-refractivity contribution in [2.75, 3.05) is 7.11 Å². The molecule has 3 amide bonds. The Morgan fingerprint density at radius 2 is 2.29 bits per heavy atom. The highest BCUT2D eigenvalue weighted by Gasteiger charge is 2.33. The summed E-state index contributed by atoms with van der Waals surface area (Å²) in [5.74, 6) is -0.192. The molecule has 7 nitrogen and oxygen atoms in total. The van der Waals surface area contributed by atoms with Crippen LogP contribution in [0.15, 0.2) is 23.1 Å². The lowest BCUT2D eigenvalue weighted by atomic mass is 10.2. The lowest BCUT2D eigenvalue weighted by molar-refractivity contribution is -0.123. The zero-order valence-corrected chi connectivity index (χ0v) is 12.5. The highest BCUT2D eigenvalue weighted by atomic mass is 32.2. The van der Waals surface area contributed by atoms with Crippen molar-refractivity contribution in [3.8, 4) is 11.5 Å². The molecule has 1 saturated heterocycles. The van der Waals surface area contributed by atoms with Crippen molar-refractivity contribution in [2.45, 2.75) is 0 Å². The maximum Gasteiger partial charge on any atom is 0.331 e. The molecule has 1 fully saturated rings. The highest BCUT2D eigenvalue weighted by Crippen LogP contribution is 2.33. The van der Waals surface area contributed by atoms with E-state index in [0.717, 1.165) is 16.8 Å². The summed E-state index contributed by atoms with van der Waals surface area (Å²) in [6, 6.07) is 3.77. The number of aromatic hydroxyl groups is 1. The SMILES string of the molecule is COc1cc(C=C2SC(=S)N(NC(N)=O)C2=O)ccc1O. The number of methoxy groups -OCH3 is 1. The monoisotopic (exact) mass is 325 g/mol. The molecular weight excluding hydrogens is 314 g/mol. The number of rotatable bonds is 3. The van der Waals surface area contributed by atoms with Crippen LogP contribution in [-0.2, 0) is 4.79 Å². The smallest absolute Gasteiger partial charge is 0.331 e. The molecule has 0 bridgehead atoms. The Morgan fingerprint density at radius 1 is 1.57 bits per heavy atom. The van der Waals surface area contributed by atoms with E-state index in [1.165, 1.54) is 13.2 Å². The average Bonchev–Trinajstić information content (AvgIpc) is 2.68. The number of thioether (sulfide) groups is 1. The second-order valence-electron chi connectivity index (χ2n) is 3.92. The van der Waals surface area contributed by atoms with Gasteiger partial charge in [-0.2, -0.15) is 5.01 Å². The largest absolute Gasteiger partial charge is 0.504 e. The van der Waals surface area contributed by atoms with Crippen molar-refractivity contribution in [3.05, 3.63) is 28.7 Å². The number of hydrogen-bond acceptors (Lipinski definition) is 6. The van der Waals surface area contributed by atoms with Crippen LogP contribution in [0.3, 0.4) is 0 Å². The fraction of sp³-hybridized carbons (Fsp3) is 0.0833. The minimum Gasteiger partial charge on any atom is -0.504 e. The fourth-order valence-electron chi connectivity index (χ4n) is 1.61. The minimum absolute atomic E-state index is 0.00223. The molecule has 1 aliphatic heterocycles. The number of carbonyl (C=O) groups excluding carboxylic acids is 2. The summed E-state index contributed by atoms with van der Waals surface area (Å²) < 4.78 is 5.17. The van der Waals surface area contributed by atoms with Gasteiger partial charge in [-0.15, -0.1) is 0 Å². The minimum atomic E-state index is -0.876. The molecule has 0 saturated carbocycles. The van der Waals surface area contributed by atoms with Gasteiger partial charge in [0.1, 0.15) is 0 Å². The van der Waals surface area contributed by atoms with E-state index < -0.39 is 11.9 Å². The lowest BCUT2D eigenvalue weighted by Crippen LogP contribution is -2.47. The first-order valence-electron chi connectivity index (χ1n) is 5.63. The molecule has 0 spiro atoms. The molecule has 0 aliphatic carbocycles. The zero-order chi connectivity index (χ0) is 15.6. The van der Waals surface area contributed by atoms with Crippen molar-refractivity contribution >= 4 is 46.3 Å². The van der Waals surface area contributed by atoms with E-state index in [-0.39, 0.29) is 15.8 Å². The first-order chi connectivity index (χ1) is 9.92. The number of ether oxygens (including phenoxy) is 1. The molecule has 1 aromatic carbocycles. The molecule has 0 unspecified atom stereocenters. The van der Waals surface area contributed by atoms with Crippen LogP contribution in [-0.4, -0.2) is 33.5 Å². The van der Waals surface area contributed by atoms with Gasteiger partial charge in [0.2, 0.25) is 0 Å². The van der Waals surface area contributed by atoms with E-state index in [1.54, 1.807) is 18.2 Å². The van der Waals surface area contributed by atoms with Gasteiger partial charge in [-0.3, -0.25) is 4.79 Å². The maximum absolute atomic E-state index is 12.1. The number of urea groups is 1. The molecule has 0 aromatic heterocycles. The number of benzene rings is 1. The standard InChI is InChI=1S/C12H11N3O4S2/c1-19-8-4-6(2-3-7(8)16)5-9-10(17)15(12(20)21-9)14-11(13)18/h2-5,16H,1H3,(H3,13,14,18). The van der Waals surface area contributed by atoms with Crippen LogP contribution in [0, 0.1) is 0 Å². The van der Waals surface area contributed by atoms with Crippen LogP contribution in [0.2, 0.25) is 0 Å². The van der Waals surface area contributed by atoms with Gasteiger partial charge in [-0.1, -0.05) is 17.8 Å². The number of carbonyl (C=O) groups is 2. The van der Waals surface area contributed by atoms with Gasteiger partial charge in [0.05, 0.1) is 12.0 Å². The second-order valence-corrected chi connectivity index (χ2v) is 5.60. The molecule has 0 atom stereocenters. The molecule has 2 rings (SSSR count). The molecule has 0 radical (unpaired) electrons. The quantitative estimate of drug-likeness (QED) is 0.569. The summed E-state index contributed by atoms with van der Waals surface area (Å²) in [5, 5.41) is 10.4. The predicted molar refractivity (Wildman–Crippen MR) is 82.4 cm³/mol. The van der Waals surface area contributed by atoms with Crippen LogP contribution in [0.1, 0.15) is 5.56 Å². The second kappa shape index (κ2) is 6.02. The van der Waals surface area contributed by atoms with E-state index in [0.29, 0.717) is 10.5 Å². The van der Waals surface area contributed by atoms with Gasteiger partial charge in [-0.25, -0.2) is 10.2 Å². The van der Waals surface area contributed by atoms with Crippen LogP contribution in [0.4, 0.5) is 4.79 Å². The summed E-state index contributed by atoms with van der Waals surface area (Å²) in [4.78, 5) is 23.2. The molecule has 1 heterocycles. The third-order valence-corrected chi connectivity index (χ3v) is 3.82. The Morgan fingerprint density at radius 3 is 2.90 bits per heavy atom. The predicted octanol–water partition coefficient (Wildman–Crippen LogP) is 1.19. The number of nitrogens with one attached hydrogen (secondary N) is 1. The number of phenolic OH excluding ortho intramolecular Hbond substituents is 1. The number of nitrogens with zero attached hydrogens (tertiary/aromatic N) is 1. The van der Waals surface area contributed by atoms with Crippen molar-refractivity contribution in [2.24, 2.45) is 5.73 Å². The van der Waals surface area contributed by atoms with Crippen LogP contribution in [0.25, 0.3) is 6.08 Å². The molecule has 21 heavy (non-hydrogen) atoms. The number of phenols is 1. The molecule has 9 heteroatoms. The highest BCUT2D eigenvalue weighted by molar-refractivity contribution is 8.26. The number of nitrogens with two attached hydrogens (primary N) is 1. The Balaban J connectivity index is 2.28. The first-order valence-corrected chi connectivity index (χ1v) is 6.86. The summed E-state index contributed by atoms with van der Waals surface area (Å²) in [6.07, 6.45) is 1.57. The van der Waals surface area contributed by atoms with Gasteiger partial charge < -0.3 is 15.6 Å². The van der Waals surface area contributed by atoms with E-state index in [1.807, 2.05) is 0 Å². The van der Waals surface area contributed by atoms with Gasteiger partial charge in [0.25, 0.3) is 5.91 Å². The topological polar surface area (TPSA) is 105 Å². The lowest BCUT2D eigenvalue weighted by Gasteiger charge is -2.12. The Labute approximate surface area is 129 Å². The van der Waals surface area contributed by atoms with Crippen molar-refractivity contribution < 1.29 is 19.4 Å². The Hall–Kier alpha value is -2.26. The van der Waals surface area contributed by atoms with Crippen LogP contribution >= 0.6 is 24.0 Å². The average molecular weight is 325 g/mol. The number of hydrogen-bond donors (Lipinski definition) is 3. The van der Waals surface area contributed by atoms with E-state index >= 15 is 0 Å². The van der Waals surface area contributed by atoms with Gasteiger partial charge in [0, 0.05) is 0 Å². The number of primary amides is 1. The zero-order valence-electron chi connectivity index (χ0n) is 10.8. The summed E-state index contributed by atoms with van der Waals surface area (Å²) >= 11 is 6.02. The fourth-order valence-corrected chi connectivity index (χ4v) is 2.79. The third kappa shape index (κ3) is 3.26. The molecule has 1 aromatic rings.